The molecule has 1 unspecified atom stereocenters. The first-order valence-electron chi connectivity index (χ1n) is 6.83. The summed E-state index contributed by atoms with van der Waals surface area (Å²) in [6.07, 6.45) is 2.77. The van der Waals surface area contributed by atoms with Crippen molar-refractivity contribution in [3.05, 3.63) is 47.5 Å². The molecule has 0 radical (unpaired) electrons. The molecule has 1 aromatic rings. The summed E-state index contributed by atoms with van der Waals surface area (Å²) >= 11 is 3.40. The van der Waals surface area contributed by atoms with Crippen molar-refractivity contribution in [1.82, 2.24) is 5.32 Å². The molecule has 2 rings (SSSR count). The fraction of sp³-hybridized carbons (Fsp3) is 0.375. The number of carbonyl (C=O) groups is 2. The van der Waals surface area contributed by atoms with Crippen LogP contribution in [0, 0.1) is 0 Å². The number of benzene rings is 1. The molecule has 122 valence electrons. The highest BCUT2D eigenvalue weighted by Crippen LogP contribution is 2.19. The fourth-order valence-corrected chi connectivity index (χ4v) is 1.99. The van der Waals surface area contributed by atoms with Gasteiger partial charge in [-0.3, -0.25) is 9.59 Å². The van der Waals surface area contributed by atoms with E-state index in [1.54, 1.807) is 0 Å². The van der Waals surface area contributed by atoms with Crippen LogP contribution in [0.25, 0.3) is 0 Å². The highest BCUT2D eigenvalue weighted by atomic mass is 79.9. The molecule has 1 atom stereocenters. The summed E-state index contributed by atoms with van der Waals surface area (Å²) in [6, 6.07) is 7.81. The van der Waals surface area contributed by atoms with E-state index in [0.29, 0.717) is 18.9 Å². The van der Waals surface area contributed by atoms with Crippen LogP contribution < -0.4 is 11.1 Å². The Balaban J connectivity index is 0.000000640. The predicted molar refractivity (Wildman–Crippen MR) is 91.3 cm³/mol. The first-order chi connectivity index (χ1) is 10.6. The first kappa shape index (κ1) is 20.3. The third kappa shape index (κ3) is 9.31. The second kappa shape index (κ2) is 11.9. The molecule has 0 bridgehead atoms. The molecule has 0 aliphatic heterocycles. The number of hydrogen-bond acceptors (Lipinski definition) is 4. The Hall–Kier alpha value is -1.66. The van der Waals surface area contributed by atoms with Crippen molar-refractivity contribution < 1.29 is 14.3 Å². The first-order valence-corrected chi connectivity index (χ1v) is 7.63. The van der Waals surface area contributed by atoms with Gasteiger partial charge in [0.2, 0.25) is 5.91 Å². The molecule has 1 fully saturated rings. The standard InChI is InChI=1S/C12H15BrN2O.C2H4O2.C2H4/c13-9-3-1-2-8(6-9)7-11(14)12(16)15-10-4-5-10;1-4-2-3;1-2/h1-3,6,10-11H,4-5,7,14H2,(H,15,16);2H,1H3;1-2H2. The molecule has 1 aliphatic carbocycles. The van der Waals surface area contributed by atoms with Crippen molar-refractivity contribution in [2.24, 2.45) is 5.73 Å². The van der Waals surface area contributed by atoms with Crippen LogP contribution in [-0.4, -0.2) is 31.6 Å². The van der Waals surface area contributed by atoms with E-state index in [4.69, 9.17) is 10.5 Å². The van der Waals surface area contributed by atoms with Gasteiger partial charge >= 0.3 is 0 Å². The highest BCUT2D eigenvalue weighted by Gasteiger charge is 2.25. The second-order valence-electron chi connectivity index (χ2n) is 4.56. The summed E-state index contributed by atoms with van der Waals surface area (Å²) in [5.74, 6) is -0.0394. The Bertz CT molecular complexity index is 464. The second-order valence-corrected chi connectivity index (χ2v) is 5.47. The lowest BCUT2D eigenvalue weighted by Crippen LogP contribution is -2.42. The van der Waals surface area contributed by atoms with Crippen molar-refractivity contribution in [1.29, 1.82) is 0 Å². The summed E-state index contributed by atoms with van der Waals surface area (Å²) in [5, 5.41) is 2.91. The molecule has 0 aromatic heterocycles. The van der Waals surface area contributed by atoms with Crippen LogP contribution >= 0.6 is 15.9 Å². The van der Waals surface area contributed by atoms with E-state index in [-0.39, 0.29) is 5.91 Å². The van der Waals surface area contributed by atoms with Crippen LogP contribution in [0.3, 0.4) is 0 Å². The highest BCUT2D eigenvalue weighted by molar-refractivity contribution is 9.10. The molecule has 3 N–H and O–H groups in total. The molecule has 6 heteroatoms. The Morgan fingerprint density at radius 3 is 2.59 bits per heavy atom. The van der Waals surface area contributed by atoms with Crippen molar-refractivity contribution in [2.75, 3.05) is 7.11 Å². The Morgan fingerprint density at radius 2 is 2.14 bits per heavy atom. The van der Waals surface area contributed by atoms with Gasteiger partial charge in [0.15, 0.2) is 0 Å². The summed E-state index contributed by atoms with van der Waals surface area (Å²) in [4.78, 5) is 20.6. The van der Waals surface area contributed by atoms with Gasteiger partial charge in [0.1, 0.15) is 0 Å². The summed E-state index contributed by atoms with van der Waals surface area (Å²) in [6.45, 7) is 6.38. The van der Waals surface area contributed by atoms with Gasteiger partial charge in [-0.05, 0) is 37.0 Å². The van der Waals surface area contributed by atoms with Gasteiger partial charge in [-0.2, -0.15) is 0 Å². The van der Waals surface area contributed by atoms with Gasteiger partial charge in [-0.1, -0.05) is 28.1 Å². The minimum atomic E-state index is -0.449. The van der Waals surface area contributed by atoms with Crippen molar-refractivity contribution in [3.8, 4) is 0 Å². The number of hydrogen-bond donors (Lipinski definition) is 2. The van der Waals surface area contributed by atoms with E-state index in [1.165, 1.54) is 7.11 Å². The maximum atomic E-state index is 11.6. The van der Waals surface area contributed by atoms with Crippen LogP contribution in [0.1, 0.15) is 18.4 Å². The smallest absolute Gasteiger partial charge is 0.292 e. The maximum absolute atomic E-state index is 11.6. The largest absolute Gasteiger partial charge is 0.471 e. The van der Waals surface area contributed by atoms with E-state index in [1.807, 2.05) is 24.3 Å². The van der Waals surface area contributed by atoms with Gasteiger partial charge in [-0.15, -0.1) is 13.2 Å². The predicted octanol–water partition coefficient (Wildman–Crippen LogP) is 2.19. The summed E-state index contributed by atoms with van der Waals surface area (Å²) < 4.78 is 4.87. The van der Waals surface area contributed by atoms with Crippen LogP contribution in [0.15, 0.2) is 41.9 Å². The number of nitrogens with two attached hydrogens (primary N) is 1. The third-order valence-corrected chi connectivity index (χ3v) is 3.19. The molecule has 5 nitrogen and oxygen atoms in total. The average molecular weight is 371 g/mol. The molecule has 0 saturated heterocycles. The van der Waals surface area contributed by atoms with Gasteiger partial charge in [0.05, 0.1) is 13.2 Å². The molecule has 22 heavy (non-hydrogen) atoms. The monoisotopic (exact) mass is 370 g/mol. The zero-order valence-electron chi connectivity index (χ0n) is 12.8. The van der Waals surface area contributed by atoms with E-state index < -0.39 is 6.04 Å². The average Bonchev–Trinajstić information content (AvgIpc) is 3.33. The van der Waals surface area contributed by atoms with E-state index in [0.717, 1.165) is 22.9 Å². The van der Waals surface area contributed by atoms with Crippen molar-refractivity contribution in [3.63, 3.8) is 0 Å². The van der Waals surface area contributed by atoms with Crippen molar-refractivity contribution in [2.45, 2.75) is 31.3 Å². The summed E-state index contributed by atoms with van der Waals surface area (Å²) in [7, 11) is 1.31. The van der Waals surface area contributed by atoms with Crippen LogP contribution in [-0.2, 0) is 20.7 Å². The lowest BCUT2D eigenvalue weighted by atomic mass is 10.1. The topological polar surface area (TPSA) is 81.4 Å². The minimum absolute atomic E-state index is 0.0394. The van der Waals surface area contributed by atoms with Gasteiger partial charge in [0, 0.05) is 10.5 Å². The zero-order valence-corrected chi connectivity index (χ0v) is 14.3. The van der Waals surface area contributed by atoms with Crippen LogP contribution in [0.5, 0.6) is 0 Å². The van der Waals surface area contributed by atoms with Gasteiger partial charge in [-0.25, -0.2) is 0 Å². The molecule has 1 aromatic carbocycles. The Labute approximate surface area is 140 Å². The number of halogens is 1. The Morgan fingerprint density at radius 1 is 1.55 bits per heavy atom. The van der Waals surface area contributed by atoms with Crippen LogP contribution in [0.4, 0.5) is 0 Å². The van der Waals surface area contributed by atoms with Gasteiger partial charge < -0.3 is 15.8 Å². The molecule has 1 amide bonds. The maximum Gasteiger partial charge on any atom is 0.292 e. The van der Waals surface area contributed by atoms with E-state index >= 15 is 0 Å². The lowest BCUT2D eigenvalue weighted by molar-refractivity contribution is -0.126. The minimum Gasteiger partial charge on any atom is -0.471 e. The van der Waals surface area contributed by atoms with E-state index in [9.17, 15) is 4.79 Å². The van der Waals surface area contributed by atoms with Crippen LogP contribution in [0.2, 0.25) is 0 Å². The molecular weight excluding hydrogens is 348 g/mol. The number of ether oxygens (including phenoxy) is 1. The number of methoxy groups -OCH3 is 1. The Kier molecular flexibility index (Phi) is 11.0. The molecule has 0 heterocycles. The molecule has 0 spiro atoms. The number of nitrogens with one attached hydrogen (secondary N) is 1. The number of amides is 1. The lowest BCUT2D eigenvalue weighted by Gasteiger charge is -2.11. The molecule has 1 aliphatic rings. The number of rotatable bonds is 5. The quantitative estimate of drug-likeness (QED) is 0.614. The zero-order chi connectivity index (χ0) is 17.0. The van der Waals surface area contributed by atoms with Crippen molar-refractivity contribution >= 4 is 28.3 Å². The fourth-order valence-electron chi connectivity index (χ4n) is 1.55. The normalized spacial score (nSPS) is 13.4. The SMILES string of the molecule is C=C.COC=O.NC(Cc1cccc(Br)c1)C(=O)NC1CC1. The van der Waals surface area contributed by atoms with E-state index in [2.05, 4.69) is 39.1 Å². The summed E-state index contributed by atoms with van der Waals surface area (Å²) in [5.41, 5.74) is 6.92. The molecule has 1 saturated carbocycles. The third-order valence-electron chi connectivity index (χ3n) is 2.70. The molecular formula is C16H23BrN2O3. The van der Waals surface area contributed by atoms with Gasteiger partial charge in [0.25, 0.3) is 6.47 Å². The number of carbonyl (C=O) groups excluding carboxylic acids is 2.